The van der Waals surface area contributed by atoms with Gasteiger partial charge in [-0.3, -0.25) is 4.98 Å². The molecule has 0 spiro atoms. The standard InChI is InChI=1S/C14H23N3O/c1-14(2,3)17-9-11-8-16-13(10-15-11)18-12-6-4-5-7-12/h8,10,12,17H,4-7,9H2,1-3H3. The summed E-state index contributed by atoms with van der Waals surface area (Å²) in [6.45, 7) is 7.15. The molecule has 0 bridgehead atoms. The molecule has 1 heterocycles. The Morgan fingerprint density at radius 2 is 1.94 bits per heavy atom. The second-order valence-corrected chi connectivity index (χ2v) is 5.97. The van der Waals surface area contributed by atoms with Gasteiger partial charge in [-0.25, -0.2) is 4.98 Å². The third kappa shape index (κ3) is 4.26. The number of hydrogen-bond donors (Lipinski definition) is 1. The van der Waals surface area contributed by atoms with Crippen LogP contribution in [0, 0.1) is 0 Å². The van der Waals surface area contributed by atoms with Gasteiger partial charge in [0, 0.05) is 12.1 Å². The van der Waals surface area contributed by atoms with E-state index in [0.29, 0.717) is 12.0 Å². The monoisotopic (exact) mass is 249 g/mol. The zero-order chi connectivity index (χ0) is 13.0. The summed E-state index contributed by atoms with van der Waals surface area (Å²) >= 11 is 0. The Kier molecular flexibility index (Phi) is 4.17. The van der Waals surface area contributed by atoms with Crippen LogP contribution < -0.4 is 10.1 Å². The first-order valence-corrected chi connectivity index (χ1v) is 6.75. The zero-order valence-corrected chi connectivity index (χ0v) is 11.6. The number of nitrogens with zero attached hydrogens (tertiary/aromatic N) is 2. The molecule has 1 aliphatic carbocycles. The smallest absolute Gasteiger partial charge is 0.232 e. The van der Waals surface area contributed by atoms with Gasteiger partial charge in [-0.15, -0.1) is 0 Å². The van der Waals surface area contributed by atoms with Crippen molar-refractivity contribution in [2.45, 2.75) is 64.6 Å². The molecule has 1 aliphatic rings. The molecule has 1 N–H and O–H groups in total. The van der Waals surface area contributed by atoms with Gasteiger partial charge in [0.05, 0.1) is 18.1 Å². The van der Waals surface area contributed by atoms with Gasteiger partial charge in [-0.05, 0) is 46.5 Å². The first-order valence-electron chi connectivity index (χ1n) is 6.75. The minimum atomic E-state index is 0.0979. The van der Waals surface area contributed by atoms with Gasteiger partial charge in [-0.1, -0.05) is 0 Å². The molecule has 4 heteroatoms. The Morgan fingerprint density at radius 3 is 2.50 bits per heavy atom. The molecule has 1 aromatic rings. The summed E-state index contributed by atoms with van der Waals surface area (Å²) < 4.78 is 5.78. The lowest BCUT2D eigenvalue weighted by atomic mass is 10.1. The van der Waals surface area contributed by atoms with E-state index in [2.05, 4.69) is 36.1 Å². The summed E-state index contributed by atoms with van der Waals surface area (Å²) in [5, 5.41) is 3.39. The van der Waals surface area contributed by atoms with Gasteiger partial charge in [0.1, 0.15) is 6.10 Å². The van der Waals surface area contributed by atoms with Crippen LogP contribution in [0.3, 0.4) is 0 Å². The van der Waals surface area contributed by atoms with Crippen molar-refractivity contribution in [1.82, 2.24) is 15.3 Å². The molecule has 0 amide bonds. The fraction of sp³-hybridized carbons (Fsp3) is 0.714. The minimum absolute atomic E-state index is 0.0979. The van der Waals surface area contributed by atoms with Crippen LogP contribution in [0.2, 0.25) is 0 Å². The molecule has 0 aliphatic heterocycles. The first-order chi connectivity index (χ1) is 8.53. The molecule has 100 valence electrons. The highest BCUT2D eigenvalue weighted by Gasteiger charge is 2.17. The highest BCUT2D eigenvalue weighted by Crippen LogP contribution is 2.22. The molecule has 4 nitrogen and oxygen atoms in total. The van der Waals surface area contributed by atoms with Crippen LogP contribution in [-0.4, -0.2) is 21.6 Å². The van der Waals surface area contributed by atoms with E-state index < -0.39 is 0 Å². The van der Waals surface area contributed by atoms with Gasteiger partial charge >= 0.3 is 0 Å². The number of nitrogens with one attached hydrogen (secondary N) is 1. The van der Waals surface area contributed by atoms with Gasteiger partial charge in [0.25, 0.3) is 0 Å². The Balaban J connectivity index is 1.85. The molecule has 0 saturated heterocycles. The normalized spacial score (nSPS) is 17.1. The van der Waals surface area contributed by atoms with Gasteiger partial charge in [0.2, 0.25) is 5.88 Å². The summed E-state index contributed by atoms with van der Waals surface area (Å²) in [5.41, 5.74) is 1.05. The van der Waals surface area contributed by atoms with Crippen LogP contribution in [0.1, 0.15) is 52.1 Å². The van der Waals surface area contributed by atoms with Crippen LogP contribution in [0.15, 0.2) is 12.4 Å². The highest BCUT2D eigenvalue weighted by molar-refractivity contribution is 5.08. The summed E-state index contributed by atoms with van der Waals surface area (Å²) in [4.78, 5) is 8.69. The van der Waals surface area contributed by atoms with E-state index >= 15 is 0 Å². The van der Waals surface area contributed by atoms with Crippen LogP contribution in [0.4, 0.5) is 0 Å². The molecule has 18 heavy (non-hydrogen) atoms. The Morgan fingerprint density at radius 1 is 1.22 bits per heavy atom. The van der Waals surface area contributed by atoms with E-state index in [-0.39, 0.29) is 5.54 Å². The van der Waals surface area contributed by atoms with Crippen molar-refractivity contribution in [2.24, 2.45) is 0 Å². The Bertz CT molecular complexity index is 364. The Labute approximate surface area is 109 Å². The van der Waals surface area contributed by atoms with Crippen LogP contribution in [-0.2, 0) is 6.54 Å². The third-order valence-corrected chi connectivity index (χ3v) is 3.07. The molecule has 0 radical (unpaired) electrons. The fourth-order valence-electron chi connectivity index (χ4n) is 2.03. The van der Waals surface area contributed by atoms with Crippen molar-refractivity contribution in [1.29, 1.82) is 0 Å². The first kappa shape index (κ1) is 13.3. The maximum atomic E-state index is 5.78. The van der Waals surface area contributed by atoms with Crippen molar-refractivity contribution in [3.8, 4) is 5.88 Å². The number of aromatic nitrogens is 2. The minimum Gasteiger partial charge on any atom is -0.473 e. The van der Waals surface area contributed by atoms with E-state index in [1.165, 1.54) is 12.8 Å². The predicted octanol–water partition coefficient (Wildman–Crippen LogP) is 2.69. The van der Waals surface area contributed by atoms with Crippen LogP contribution in [0.5, 0.6) is 5.88 Å². The zero-order valence-electron chi connectivity index (χ0n) is 11.6. The van der Waals surface area contributed by atoms with Crippen molar-refractivity contribution in [3.05, 3.63) is 18.1 Å². The lowest BCUT2D eigenvalue weighted by molar-refractivity contribution is 0.200. The van der Waals surface area contributed by atoms with Crippen LogP contribution in [0.25, 0.3) is 0 Å². The largest absolute Gasteiger partial charge is 0.473 e. The van der Waals surface area contributed by atoms with E-state index in [1.807, 2.05) is 0 Å². The number of hydrogen-bond acceptors (Lipinski definition) is 4. The topological polar surface area (TPSA) is 47.0 Å². The molecule has 0 aromatic carbocycles. The van der Waals surface area contributed by atoms with Crippen molar-refractivity contribution < 1.29 is 4.74 Å². The lowest BCUT2D eigenvalue weighted by Crippen LogP contribution is -2.35. The molecule has 1 aromatic heterocycles. The second-order valence-electron chi connectivity index (χ2n) is 5.97. The molecule has 1 saturated carbocycles. The molecule has 2 rings (SSSR count). The number of ether oxygens (including phenoxy) is 1. The Hall–Kier alpha value is -1.16. The average Bonchev–Trinajstić information content (AvgIpc) is 2.80. The van der Waals surface area contributed by atoms with Crippen LogP contribution >= 0.6 is 0 Å². The molecule has 1 fully saturated rings. The van der Waals surface area contributed by atoms with Gasteiger partial charge in [-0.2, -0.15) is 0 Å². The van der Waals surface area contributed by atoms with Gasteiger partial charge < -0.3 is 10.1 Å². The summed E-state index contributed by atoms with van der Waals surface area (Å²) in [5.74, 6) is 0.654. The highest BCUT2D eigenvalue weighted by atomic mass is 16.5. The average molecular weight is 249 g/mol. The molecular weight excluding hydrogens is 226 g/mol. The third-order valence-electron chi connectivity index (χ3n) is 3.07. The fourth-order valence-corrected chi connectivity index (χ4v) is 2.03. The van der Waals surface area contributed by atoms with Gasteiger partial charge in [0.15, 0.2) is 0 Å². The lowest BCUT2D eigenvalue weighted by Gasteiger charge is -2.20. The van der Waals surface area contributed by atoms with E-state index in [1.54, 1.807) is 12.4 Å². The van der Waals surface area contributed by atoms with Crippen molar-refractivity contribution in [2.75, 3.05) is 0 Å². The quantitative estimate of drug-likeness (QED) is 0.891. The second kappa shape index (κ2) is 5.65. The van der Waals surface area contributed by atoms with E-state index in [9.17, 15) is 0 Å². The molecule has 0 atom stereocenters. The number of rotatable bonds is 4. The SMILES string of the molecule is CC(C)(C)NCc1cnc(OC2CCCC2)cn1. The van der Waals surface area contributed by atoms with E-state index in [0.717, 1.165) is 25.1 Å². The summed E-state index contributed by atoms with van der Waals surface area (Å²) in [7, 11) is 0. The summed E-state index contributed by atoms with van der Waals surface area (Å²) in [6, 6.07) is 0. The maximum Gasteiger partial charge on any atom is 0.232 e. The molecular formula is C14H23N3O. The molecule has 0 unspecified atom stereocenters. The van der Waals surface area contributed by atoms with Crippen molar-refractivity contribution >= 4 is 0 Å². The summed E-state index contributed by atoms with van der Waals surface area (Å²) in [6.07, 6.45) is 8.71. The van der Waals surface area contributed by atoms with E-state index in [4.69, 9.17) is 4.74 Å². The predicted molar refractivity (Wildman–Crippen MR) is 71.5 cm³/mol. The van der Waals surface area contributed by atoms with Crippen molar-refractivity contribution in [3.63, 3.8) is 0 Å². The maximum absolute atomic E-state index is 5.78.